The van der Waals surface area contributed by atoms with Crippen LogP contribution in [-0.4, -0.2) is 35.2 Å². The van der Waals surface area contributed by atoms with Gasteiger partial charge in [-0.25, -0.2) is 4.98 Å². The van der Waals surface area contributed by atoms with Crippen molar-refractivity contribution in [3.63, 3.8) is 0 Å². The molecule has 1 aromatic heterocycles. The largest absolute Gasteiger partial charge is 0.349 e. The molecule has 1 unspecified atom stereocenters. The predicted molar refractivity (Wildman–Crippen MR) is 84.7 cm³/mol. The molecule has 5 nitrogen and oxygen atoms in total. The highest BCUT2D eigenvalue weighted by Gasteiger charge is 2.33. The fraction of sp³-hybridized carbons (Fsp3) is 0.750. The maximum absolute atomic E-state index is 12.6. The quantitative estimate of drug-likeness (QED) is 0.865. The van der Waals surface area contributed by atoms with Crippen molar-refractivity contribution in [3.05, 3.63) is 22.7 Å². The van der Waals surface area contributed by atoms with Crippen LogP contribution < -0.4 is 15.8 Å². The Balaban J connectivity index is 1.80. The van der Waals surface area contributed by atoms with Gasteiger partial charge in [0.2, 0.25) is 0 Å². The van der Waals surface area contributed by atoms with Gasteiger partial charge in [-0.1, -0.05) is 6.92 Å². The lowest BCUT2D eigenvalue weighted by Crippen LogP contribution is -2.42. The number of piperidine rings is 1. The number of rotatable bonds is 6. The van der Waals surface area contributed by atoms with Crippen LogP contribution in [0.4, 0.5) is 5.82 Å². The van der Waals surface area contributed by atoms with E-state index in [-0.39, 0.29) is 5.56 Å². The van der Waals surface area contributed by atoms with Crippen LogP contribution in [0.25, 0.3) is 0 Å². The van der Waals surface area contributed by atoms with E-state index in [1.807, 2.05) is 6.20 Å². The lowest BCUT2D eigenvalue weighted by Gasteiger charge is -2.30. The summed E-state index contributed by atoms with van der Waals surface area (Å²) < 4.78 is 1.80. The molecule has 2 heterocycles. The average Bonchev–Trinajstić information content (AvgIpc) is 3.33. The van der Waals surface area contributed by atoms with E-state index in [2.05, 4.69) is 22.1 Å². The Labute approximate surface area is 126 Å². The molecule has 1 saturated heterocycles. The Morgan fingerprint density at radius 1 is 1.43 bits per heavy atom. The van der Waals surface area contributed by atoms with Gasteiger partial charge >= 0.3 is 0 Å². The van der Waals surface area contributed by atoms with E-state index in [1.54, 1.807) is 10.8 Å². The highest BCUT2D eigenvalue weighted by molar-refractivity contribution is 5.39. The lowest BCUT2D eigenvalue weighted by molar-refractivity contribution is 0.374. The second-order valence-electron chi connectivity index (χ2n) is 6.35. The molecule has 0 radical (unpaired) electrons. The summed E-state index contributed by atoms with van der Waals surface area (Å²) in [6.45, 7) is 6.04. The minimum Gasteiger partial charge on any atom is -0.349 e. The molecule has 3 rings (SSSR count). The zero-order chi connectivity index (χ0) is 14.7. The summed E-state index contributed by atoms with van der Waals surface area (Å²) in [7, 11) is 0. The molecule has 1 atom stereocenters. The Bertz CT molecular complexity index is 517. The van der Waals surface area contributed by atoms with Crippen LogP contribution in [0.15, 0.2) is 17.2 Å². The van der Waals surface area contributed by atoms with Crippen LogP contribution in [0.5, 0.6) is 0 Å². The highest BCUT2D eigenvalue weighted by atomic mass is 16.1. The SMILES string of the molecule is CCCn1ccnc(N(CC2CCCNC2)C2CC2)c1=O. The molecule has 116 valence electrons. The van der Waals surface area contributed by atoms with E-state index in [1.165, 1.54) is 25.7 Å². The molecule has 1 aliphatic carbocycles. The molecule has 1 aromatic rings. The van der Waals surface area contributed by atoms with Crippen molar-refractivity contribution in [1.82, 2.24) is 14.9 Å². The topological polar surface area (TPSA) is 50.2 Å². The number of aryl methyl sites for hydroxylation is 1. The maximum Gasteiger partial charge on any atom is 0.293 e. The predicted octanol–water partition coefficient (Wildman–Crippen LogP) is 1.62. The van der Waals surface area contributed by atoms with E-state index in [0.717, 1.165) is 32.6 Å². The van der Waals surface area contributed by atoms with Gasteiger partial charge in [0.25, 0.3) is 5.56 Å². The normalized spacial score (nSPS) is 22.2. The lowest BCUT2D eigenvalue weighted by atomic mass is 9.99. The Kier molecular flexibility index (Phi) is 4.58. The summed E-state index contributed by atoms with van der Waals surface area (Å²) in [6.07, 6.45) is 9.45. The van der Waals surface area contributed by atoms with Crippen molar-refractivity contribution < 1.29 is 0 Å². The smallest absolute Gasteiger partial charge is 0.293 e. The summed E-state index contributed by atoms with van der Waals surface area (Å²) in [4.78, 5) is 19.3. The average molecular weight is 290 g/mol. The fourth-order valence-electron chi connectivity index (χ4n) is 3.20. The van der Waals surface area contributed by atoms with Gasteiger partial charge in [-0.15, -0.1) is 0 Å². The first-order chi connectivity index (χ1) is 10.3. The third kappa shape index (κ3) is 3.46. The van der Waals surface area contributed by atoms with Crippen LogP contribution in [0, 0.1) is 5.92 Å². The Morgan fingerprint density at radius 3 is 2.95 bits per heavy atom. The van der Waals surface area contributed by atoms with Gasteiger partial charge in [0.1, 0.15) is 0 Å². The second kappa shape index (κ2) is 6.60. The van der Waals surface area contributed by atoms with Gasteiger partial charge in [0, 0.05) is 31.5 Å². The molecule has 21 heavy (non-hydrogen) atoms. The van der Waals surface area contributed by atoms with Crippen LogP contribution in [-0.2, 0) is 6.54 Å². The van der Waals surface area contributed by atoms with Crippen LogP contribution >= 0.6 is 0 Å². The van der Waals surface area contributed by atoms with Crippen LogP contribution in [0.2, 0.25) is 0 Å². The molecular formula is C16H26N4O. The number of nitrogens with one attached hydrogen (secondary N) is 1. The highest BCUT2D eigenvalue weighted by Crippen LogP contribution is 2.30. The molecule has 0 aromatic carbocycles. The van der Waals surface area contributed by atoms with Crippen molar-refractivity contribution in [2.45, 2.75) is 51.6 Å². The number of anilines is 1. The van der Waals surface area contributed by atoms with E-state index in [4.69, 9.17) is 0 Å². The van der Waals surface area contributed by atoms with Gasteiger partial charge in [-0.3, -0.25) is 4.79 Å². The molecule has 2 fully saturated rings. The number of hydrogen-bond acceptors (Lipinski definition) is 4. The Hall–Kier alpha value is -1.36. The molecule has 2 aliphatic rings. The van der Waals surface area contributed by atoms with Crippen molar-refractivity contribution in [2.75, 3.05) is 24.5 Å². The van der Waals surface area contributed by atoms with Gasteiger partial charge in [0.05, 0.1) is 0 Å². The van der Waals surface area contributed by atoms with E-state index >= 15 is 0 Å². The molecule has 1 N–H and O–H groups in total. The minimum atomic E-state index is 0.0787. The summed E-state index contributed by atoms with van der Waals surface area (Å²) in [6, 6.07) is 0.532. The van der Waals surface area contributed by atoms with Gasteiger partial charge < -0.3 is 14.8 Å². The zero-order valence-electron chi connectivity index (χ0n) is 12.9. The number of hydrogen-bond donors (Lipinski definition) is 1. The zero-order valence-corrected chi connectivity index (χ0v) is 12.9. The fourth-order valence-corrected chi connectivity index (χ4v) is 3.20. The van der Waals surface area contributed by atoms with Crippen molar-refractivity contribution in [2.24, 2.45) is 5.92 Å². The number of nitrogens with zero attached hydrogens (tertiary/aromatic N) is 3. The first-order valence-corrected chi connectivity index (χ1v) is 8.32. The third-order valence-corrected chi connectivity index (χ3v) is 4.47. The van der Waals surface area contributed by atoms with E-state index in [9.17, 15) is 4.79 Å². The molecule has 0 spiro atoms. The van der Waals surface area contributed by atoms with Crippen molar-refractivity contribution in [3.8, 4) is 0 Å². The molecule has 5 heteroatoms. The molecule has 0 amide bonds. The van der Waals surface area contributed by atoms with E-state index < -0.39 is 0 Å². The molecule has 0 bridgehead atoms. The summed E-state index contributed by atoms with van der Waals surface area (Å²) in [5, 5.41) is 3.47. The minimum absolute atomic E-state index is 0.0787. The van der Waals surface area contributed by atoms with Crippen molar-refractivity contribution in [1.29, 1.82) is 0 Å². The van der Waals surface area contributed by atoms with Gasteiger partial charge in [-0.2, -0.15) is 0 Å². The first kappa shape index (κ1) is 14.6. The molecule has 1 aliphatic heterocycles. The van der Waals surface area contributed by atoms with Gasteiger partial charge in [0.15, 0.2) is 5.82 Å². The molecular weight excluding hydrogens is 264 g/mol. The second-order valence-corrected chi connectivity index (χ2v) is 6.35. The van der Waals surface area contributed by atoms with Gasteiger partial charge in [-0.05, 0) is 51.1 Å². The summed E-state index contributed by atoms with van der Waals surface area (Å²) in [5.41, 5.74) is 0.0787. The number of aromatic nitrogens is 2. The summed E-state index contributed by atoms with van der Waals surface area (Å²) >= 11 is 0. The standard InChI is InChI=1S/C16H26N4O/c1-2-9-19-10-8-18-15(16(19)21)20(14-5-6-14)12-13-4-3-7-17-11-13/h8,10,13-14,17H,2-7,9,11-12H2,1H3. The monoisotopic (exact) mass is 290 g/mol. The van der Waals surface area contributed by atoms with Crippen LogP contribution in [0.1, 0.15) is 39.0 Å². The first-order valence-electron chi connectivity index (χ1n) is 8.32. The maximum atomic E-state index is 12.6. The van der Waals surface area contributed by atoms with E-state index in [0.29, 0.717) is 17.8 Å². The Morgan fingerprint density at radius 2 is 2.29 bits per heavy atom. The van der Waals surface area contributed by atoms with Crippen molar-refractivity contribution >= 4 is 5.82 Å². The third-order valence-electron chi connectivity index (χ3n) is 4.47. The summed E-state index contributed by atoms with van der Waals surface area (Å²) in [5.74, 6) is 1.31. The van der Waals surface area contributed by atoms with Crippen LogP contribution in [0.3, 0.4) is 0 Å². The molecule has 1 saturated carbocycles.